The van der Waals surface area contributed by atoms with E-state index in [1.165, 1.54) is 0 Å². The molecule has 0 saturated heterocycles. The van der Waals surface area contributed by atoms with Gasteiger partial charge in [0.05, 0.1) is 6.20 Å². The van der Waals surface area contributed by atoms with Crippen molar-refractivity contribution < 1.29 is 9.59 Å². The van der Waals surface area contributed by atoms with E-state index in [0.717, 1.165) is 24.1 Å². The lowest BCUT2D eigenvalue weighted by Gasteiger charge is -2.25. The predicted octanol–water partition coefficient (Wildman–Crippen LogP) is 1.37. The van der Waals surface area contributed by atoms with E-state index in [-0.39, 0.29) is 24.2 Å². The first kappa shape index (κ1) is 19.0. The Bertz CT molecular complexity index is 789. The van der Waals surface area contributed by atoms with Gasteiger partial charge in [-0.3, -0.25) is 14.3 Å². The molecule has 1 aromatic carbocycles. The van der Waals surface area contributed by atoms with Crippen molar-refractivity contribution in [2.75, 3.05) is 26.0 Å². The molecule has 1 atom stereocenters. The molecule has 0 spiro atoms. The number of fused-ring (bicyclic) bond motifs is 1. The van der Waals surface area contributed by atoms with Gasteiger partial charge in [-0.25, -0.2) is 0 Å². The standard InChI is InChI=1S/C17H21N5O2.ClH/c1-18-15(12-9-19-22(3)10-12)16(23)20-13-5-4-11-6-7-21(2)17(24)14(11)8-13;/h4-5,8-10,15,18H,6-7H2,1-3H3,(H,20,23);1H. The Morgan fingerprint density at radius 2 is 2.08 bits per heavy atom. The van der Waals surface area contributed by atoms with Gasteiger partial charge in [0.25, 0.3) is 5.91 Å². The largest absolute Gasteiger partial charge is 0.341 e. The van der Waals surface area contributed by atoms with Gasteiger partial charge < -0.3 is 15.5 Å². The average molecular weight is 364 g/mol. The Morgan fingerprint density at radius 3 is 2.72 bits per heavy atom. The number of nitrogens with zero attached hydrogens (tertiary/aromatic N) is 3. The molecule has 8 heteroatoms. The Balaban J connectivity index is 0.00000225. The average Bonchev–Trinajstić information content (AvgIpc) is 2.98. The maximum absolute atomic E-state index is 12.6. The van der Waals surface area contributed by atoms with Crippen molar-refractivity contribution in [3.63, 3.8) is 0 Å². The minimum atomic E-state index is -0.506. The van der Waals surface area contributed by atoms with Gasteiger partial charge >= 0.3 is 0 Å². The van der Waals surface area contributed by atoms with E-state index in [1.54, 1.807) is 49.2 Å². The number of aryl methyl sites for hydroxylation is 1. The fourth-order valence-electron chi connectivity index (χ4n) is 2.92. The van der Waals surface area contributed by atoms with Crippen molar-refractivity contribution in [3.05, 3.63) is 47.3 Å². The zero-order valence-electron chi connectivity index (χ0n) is 14.4. The molecule has 0 fully saturated rings. The third-order valence-electron chi connectivity index (χ3n) is 4.28. The fourth-order valence-corrected chi connectivity index (χ4v) is 2.92. The molecule has 1 unspecified atom stereocenters. The van der Waals surface area contributed by atoms with Gasteiger partial charge in [-0.15, -0.1) is 12.4 Å². The Morgan fingerprint density at radius 1 is 1.32 bits per heavy atom. The minimum Gasteiger partial charge on any atom is -0.341 e. The molecular weight excluding hydrogens is 342 g/mol. The number of nitrogens with one attached hydrogen (secondary N) is 2. The maximum atomic E-state index is 12.6. The lowest BCUT2D eigenvalue weighted by atomic mass is 9.98. The highest BCUT2D eigenvalue weighted by molar-refractivity contribution is 6.00. The Hall–Kier alpha value is -2.38. The molecule has 0 aliphatic carbocycles. The predicted molar refractivity (Wildman–Crippen MR) is 98.0 cm³/mol. The molecule has 3 rings (SSSR count). The van der Waals surface area contributed by atoms with Gasteiger partial charge in [0.15, 0.2) is 0 Å². The number of likely N-dealkylation sites (N-methyl/N-ethyl adjacent to an activating group) is 2. The van der Waals surface area contributed by atoms with Crippen molar-refractivity contribution in [1.29, 1.82) is 0 Å². The Kier molecular flexibility index (Phi) is 5.81. The van der Waals surface area contributed by atoms with Crippen LogP contribution in [0, 0.1) is 0 Å². The summed E-state index contributed by atoms with van der Waals surface area (Å²) in [4.78, 5) is 26.5. The van der Waals surface area contributed by atoms with Crippen LogP contribution in [0.3, 0.4) is 0 Å². The van der Waals surface area contributed by atoms with Crippen LogP contribution in [0.1, 0.15) is 27.5 Å². The molecule has 2 aromatic rings. The summed E-state index contributed by atoms with van der Waals surface area (Å²) in [6, 6.07) is 4.99. The number of carbonyl (C=O) groups excluding carboxylic acids is 2. The summed E-state index contributed by atoms with van der Waals surface area (Å²) in [6.45, 7) is 0.723. The number of halogens is 1. The van der Waals surface area contributed by atoms with E-state index in [4.69, 9.17) is 0 Å². The summed E-state index contributed by atoms with van der Waals surface area (Å²) < 4.78 is 1.65. The van der Waals surface area contributed by atoms with Gasteiger partial charge in [-0.2, -0.15) is 5.10 Å². The number of aromatic nitrogens is 2. The van der Waals surface area contributed by atoms with E-state index in [9.17, 15) is 9.59 Å². The number of rotatable bonds is 4. The molecule has 0 bridgehead atoms. The molecule has 0 saturated carbocycles. The zero-order chi connectivity index (χ0) is 17.3. The van der Waals surface area contributed by atoms with Crippen LogP contribution in [0.15, 0.2) is 30.6 Å². The number of benzene rings is 1. The van der Waals surface area contributed by atoms with Crippen LogP contribution in [-0.2, 0) is 18.3 Å². The van der Waals surface area contributed by atoms with Crippen LogP contribution in [-0.4, -0.2) is 47.1 Å². The fraction of sp³-hybridized carbons (Fsp3) is 0.353. The van der Waals surface area contributed by atoms with E-state index in [0.29, 0.717) is 11.3 Å². The number of hydrogen-bond donors (Lipinski definition) is 2. The highest BCUT2D eigenvalue weighted by Gasteiger charge is 2.23. The second-order valence-corrected chi connectivity index (χ2v) is 6.01. The molecule has 2 amide bonds. The van der Waals surface area contributed by atoms with Crippen molar-refractivity contribution in [2.45, 2.75) is 12.5 Å². The van der Waals surface area contributed by atoms with Crippen molar-refractivity contribution >= 4 is 29.9 Å². The van der Waals surface area contributed by atoms with E-state index >= 15 is 0 Å². The van der Waals surface area contributed by atoms with Gasteiger partial charge in [0.1, 0.15) is 6.04 Å². The number of anilines is 1. The van der Waals surface area contributed by atoms with E-state index in [2.05, 4.69) is 15.7 Å². The molecule has 1 aliphatic rings. The second-order valence-electron chi connectivity index (χ2n) is 6.01. The normalized spacial score (nSPS) is 14.5. The number of carbonyl (C=O) groups is 2. The van der Waals surface area contributed by atoms with Gasteiger partial charge in [-0.05, 0) is 31.2 Å². The van der Waals surface area contributed by atoms with Crippen LogP contribution in [0.5, 0.6) is 0 Å². The van der Waals surface area contributed by atoms with Crippen LogP contribution in [0.4, 0.5) is 5.69 Å². The quantitative estimate of drug-likeness (QED) is 0.859. The van der Waals surface area contributed by atoms with E-state index < -0.39 is 6.04 Å². The molecular formula is C17H22ClN5O2. The maximum Gasteiger partial charge on any atom is 0.253 e. The Labute approximate surface area is 152 Å². The third kappa shape index (κ3) is 3.83. The van der Waals surface area contributed by atoms with Crippen LogP contribution >= 0.6 is 12.4 Å². The highest BCUT2D eigenvalue weighted by Crippen LogP contribution is 2.23. The second kappa shape index (κ2) is 7.67. The number of hydrogen-bond acceptors (Lipinski definition) is 4. The van der Waals surface area contributed by atoms with Crippen molar-refractivity contribution in [2.24, 2.45) is 7.05 Å². The SMILES string of the molecule is CNC(C(=O)Nc1ccc2c(c1)C(=O)N(C)CC2)c1cnn(C)c1.Cl. The highest BCUT2D eigenvalue weighted by atomic mass is 35.5. The molecule has 134 valence electrons. The molecule has 25 heavy (non-hydrogen) atoms. The van der Waals surface area contributed by atoms with Crippen LogP contribution in [0.25, 0.3) is 0 Å². The first-order valence-corrected chi connectivity index (χ1v) is 7.84. The van der Waals surface area contributed by atoms with Crippen LogP contribution in [0.2, 0.25) is 0 Å². The van der Waals surface area contributed by atoms with Gasteiger partial charge in [0.2, 0.25) is 5.91 Å². The third-order valence-corrected chi connectivity index (χ3v) is 4.28. The summed E-state index contributed by atoms with van der Waals surface area (Å²) in [7, 11) is 5.32. The van der Waals surface area contributed by atoms with Gasteiger partial charge in [-0.1, -0.05) is 6.07 Å². The van der Waals surface area contributed by atoms with Gasteiger partial charge in [0, 0.05) is 43.7 Å². The zero-order valence-corrected chi connectivity index (χ0v) is 15.3. The lowest BCUT2D eigenvalue weighted by Crippen LogP contribution is -2.34. The first-order chi connectivity index (χ1) is 11.5. The van der Waals surface area contributed by atoms with E-state index in [1.807, 2.05) is 12.1 Å². The summed E-state index contributed by atoms with van der Waals surface area (Å²) in [5, 5.41) is 9.96. The van der Waals surface area contributed by atoms with Crippen molar-refractivity contribution in [1.82, 2.24) is 20.0 Å². The molecule has 1 aromatic heterocycles. The minimum absolute atomic E-state index is 0. The molecule has 7 nitrogen and oxygen atoms in total. The monoisotopic (exact) mass is 363 g/mol. The lowest BCUT2D eigenvalue weighted by molar-refractivity contribution is -0.118. The van der Waals surface area contributed by atoms with Crippen LogP contribution < -0.4 is 10.6 Å². The molecule has 2 N–H and O–H groups in total. The van der Waals surface area contributed by atoms with Crippen molar-refractivity contribution in [3.8, 4) is 0 Å². The summed E-state index contributed by atoms with van der Waals surface area (Å²) in [5.74, 6) is -0.202. The number of amides is 2. The summed E-state index contributed by atoms with van der Waals surface area (Å²) in [6.07, 6.45) is 4.29. The molecule has 1 aliphatic heterocycles. The molecule has 2 heterocycles. The summed E-state index contributed by atoms with van der Waals surface area (Å²) in [5.41, 5.74) is 3.08. The molecule has 0 radical (unpaired) electrons. The topological polar surface area (TPSA) is 79.3 Å². The first-order valence-electron chi connectivity index (χ1n) is 7.84. The smallest absolute Gasteiger partial charge is 0.253 e. The summed E-state index contributed by atoms with van der Waals surface area (Å²) >= 11 is 0.